The van der Waals surface area contributed by atoms with Gasteiger partial charge in [-0.05, 0) is 12.1 Å². The standard InChI is InChI=1S/C10H12ClNO3/c1-14-8-4-3-6(11)10(15-2)9(8)7(13)5-12/h3-4H,5,12H2,1-2H3. The normalized spacial score (nSPS) is 9.87. The summed E-state index contributed by atoms with van der Waals surface area (Å²) in [6.45, 7) is -0.118. The minimum absolute atomic E-state index is 0.118. The first-order chi connectivity index (χ1) is 7.15. The number of methoxy groups -OCH3 is 2. The summed E-state index contributed by atoms with van der Waals surface area (Å²) in [4.78, 5) is 11.6. The van der Waals surface area contributed by atoms with E-state index in [2.05, 4.69) is 0 Å². The van der Waals surface area contributed by atoms with Crippen LogP contribution in [0.1, 0.15) is 10.4 Å². The highest BCUT2D eigenvalue weighted by Crippen LogP contribution is 2.35. The van der Waals surface area contributed by atoms with Crippen LogP contribution in [-0.4, -0.2) is 26.5 Å². The predicted octanol–water partition coefficient (Wildman–Crippen LogP) is 1.50. The predicted molar refractivity (Wildman–Crippen MR) is 57.9 cm³/mol. The van der Waals surface area contributed by atoms with E-state index >= 15 is 0 Å². The molecule has 5 heteroatoms. The van der Waals surface area contributed by atoms with Crippen molar-refractivity contribution in [2.45, 2.75) is 0 Å². The van der Waals surface area contributed by atoms with Gasteiger partial charge in [-0.1, -0.05) is 11.6 Å². The Morgan fingerprint density at radius 1 is 1.40 bits per heavy atom. The molecule has 0 saturated heterocycles. The zero-order valence-electron chi connectivity index (χ0n) is 8.54. The van der Waals surface area contributed by atoms with Crippen LogP contribution >= 0.6 is 11.6 Å². The van der Waals surface area contributed by atoms with Crippen LogP contribution in [0.25, 0.3) is 0 Å². The third-order valence-electron chi connectivity index (χ3n) is 1.96. The lowest BCUT2D eigenvalue weighted by atomic mass is 10.1. The van der Waals surface area contributed by atoms with Crippen LogP contribution in [-0.2, 0) is 0 Å². The molecule has 1 rings (SSSR count). The minimum atomic E-state index is -0.272. The van der Waals surface area contributed by atoms with E-state index in [0.717, 1.165) is 0 Å². The topological polar surface area (TPSA) is 61.5 Å². The van der Waals surface area contributed by atoms with Gasteiger partial charge >= 0.3 is 0 Å². The maximum Gasteiger partial charge on any atom is 0.183 e. The Bertz CT molecular complexity index is 379. The summed E-state index contributed by atoms with van der Waals surface area (Å²) in [5, 5.41) is 0.357. The number of benzene rings is 1. The highest BCUT2D eigenvalue weighted by atomic mass is 35.5. The molecule has 0 unspecified atom stereocenters. The number of ketones is 1. The largest absolute Gasteiger partial charge is 0.496 e. The Morgan fingerprint density at radius 3 is 2.53 bits per heavy atom. The molecular formula is C10H12ClNO3. The number of halogens is 1. The fraction of sp³-hybridized carbons (Fsp3) is 0.300. The van der Waals surface area contributed by atoms with Gasteiger partial charge in [0.2, 0.25) is 0 Å². The van der Waals surface area contributed by atoms with Crippen LogP contribution in [0, 0.1) is 0 Å². The number of nitrogens with two attached hydrogens (primary N) is 1. The van der Waals surface area contributed by atoms with Crippen molar-refractivity contribution in [3.05, 3.63) is 22.7 Å². The van der Waals surface area contributed by atoms with Crippen molar-refractivity contribution in [3.63, 3.8) is 0 Å². The average Bonchev–Trinajstić information content (AvgIpc) is 2.27. The number of hydrogen-bond acceptors (Lipinski definition) is 4. The maximum atomic E-state index is 11.6. The molecule has 1 aromatic rings. The van der Waals surface area contributed by atoms with E-state index in [0.29, 0.717) is 16.5 Å². The molecule has 2 N–H and O–H groups in total. The molecule has 0 aliphatic heterocycles. The third kappa shape index (κ3) is 2.22. The zero-order chi connectivity index (χ0) is 11.4. The molecule has 0 radical (unpaired) electrons. The molecule has 0 spiro atoms. The van der Waals surface area contributed by atoms with Crippen molar-refractivity contribution in [3.8, 4) is 11.5 Å². The molecule has 0 fully saturated rings. The number of ether oxygens (including phenoxy) is 2. The summed E-state index contributed by atoms with van der Waals surface area (Å²) in [5.41, 5.74) is 5.58. The lowest BCUT2D eigenvalue weighted by Crippen LogP contribution is -2.15. The third-order valence-corrected chi connectivity index (χ3v) is 2.26. The first-order valence-corrected chi connectivity index (χ1v) is 4.67. The molecule has 1 aromatic carbocycles. The van der Waals surface area contributed by atoms with Gasteiger partial charge in [-0.15, -0.1) is 0 Å². The Morgan fingerprint density at radius 2 is 2.07 bits per heavy atom. The second-order valence-corrected chi connectivity index (χ2v) is 3.19. The average molecular weight is 230 g/mol. The van der Waals surface area contributed by atoms with Crippen LogP contribution < -0.4 is 15.2 Å². The van der Waals surface area contributed by atoms with Gasteiger partial charge in [-0.2, -0.15) is 0 Å². The van der Waals surface area contributed by atoms with Gasteiger partial charge in [0.15, 0.2) is 11.5 Å². The number of carbonyl (C=O) groups is 1. The minimum Gasteiger partial charge on any atom is -0.496 e. The molecule has 4 nitrogen and oxygen atoms in total. The van der Waals surface area contributed by atoms with Crippen LogP contribution in [0.5, 0.6) is 11.5 Å². The van der Waals surface area contributed by atoms with Gasteiger partial charge < -0.3 is 15.2 Å². The van der Waals surface area contributed by atoms with Gasteiger partial charge in [0.1, 0.15) is 11.3 Å². The van der Waals surface area contributed by atoms with Crippen LogP contribution in [0.4, 0.5) is 0 Å². The maximum absolute atomic E-state index is 11.6. The van der Waals surface area contributed by atoms with Crippen molar-refractivity contribution in [1.82, 2.24) is 0 Å². The van der Waals surface area contributed by atoms with E-state index in [-0.39, 0.29) is 17.9 Å². The molecule has 0 aromatic heterocycles. The monoisotopic (exact) mass is 229 g/mol. The van der Waals surface area contributed by atoms with E-state index in [4.69, 9.17) is 26.8 Å². The fourth-order valence-electron chi connectivity index (χ4n) is 1.27. The summed E-state index contributed by atoms with van der Waals surface area (Å²) in [6, 6.07) is 3.21. The van der Waals surface area contributed by atoms with Crippen molar-refractivity contribution in [1.29, 1.82) is 0 Å². The van der Waals surface area contributed by atoms with Crippen LogP contribution in [0.3, 0.4) is 0 Å². The first-order valence-electron chi connectivity index (χ1n) is 4.29. The number of carbonyl (C=O) groups excluding carboxylic acids is 1. The number of hydrogen-bond donors (Lipinski definition) is 1. The molecule has 0 atom stereocenters. The molecule has 0 aliphatic rings. The van der Waals surface area contributed by atoms with Gasteiger partial charge in [-0.3, -0.25) is 4.79 Å². The van der Waals surface area contributed by atoms with Crippen LogP contribution in [0.15, 0.2) is 12.1 Å². The molecule has 82 valence electrons. The van der Waals surface area contributed by atoms with Crippen molar-refractivity contribution in [2.75, 3.05) is 20.8 Å². The quantitative estimate of drug-likeness (QED) is 0.795. The highest BCUT2D eigenvalue weighted by molar-refractivity contribution is 6.33. The molecule has 0 saturated carbocycles. The van der Waals surface area contributed by atoms with Gasteiger partial charge in [0.05, 0.1) is 25.8 Å². The van der Waals surface area contributed by atoms with Gasteiger partial charge in [0, 0.05) is 0 Å². The second kappa shape index (κ2) is 5.00. The SMILES string of the molecule is COc1ccc(Cl)c(OC)c1C(=O)CN. The molecule has 0 amide bonds. The van der Waals surface area contributed by atoms with Gasteiger partial charge in [0.25, 0.3) is 0 Å². The first kappa shape index (κ1) is 11.8. The molecule has 0 aliphatic carbocycles. The number of rotatable bonds is 4. The second-order valence-electron chi connectivity index (χ2n) is 2.79. The molecule has 0 bridgehead atoms. The highest BCUT2D eigenvalue weighted by Gasteiger charge is 2.19. The molecule has 0 heterocycles. The fourth-order valence-corrected chi connectivity index (χ4v) is 1.51. The van der Waals surface area contributed by atoms with Crippen molar-refractivity contribution < 1.29 is 14.3 Å². The summed E-state index contributed by atoms with van der Waals surface area (Å²) in [5.74, 6) is 0.435. The Balaban J connectivity index is 3.40. The summed E-state index contributed by atoms with van der Waals surface area (Å²) in [6.07, 6.45) is 0. The Labute approximate surface area is 92.9 Å². The van der Waals surface area contributed by atoms with E-state index in [1.54, 1.807) is 12.1 Å². The van der Waals surface area contributed by atoms with E-state index in [9.17, 15) is 4.79 Å². The zero-order valence-corrected chi connectivity index (χ0v) is 9.30. The lowest BCUT2D eigenvalue weighted by Gasteiger charge is -2.12. The van der Waals surface area contributed by atoms with Crippen LogP contribution in [0.2, 0.25) is 5.02 Å². The van der Waals surface area contributed by atoms with Crippen molar-refractivity contribution in [2.24, 2.45) is 5.73 Å². The van der Waals surface area contributed by atoms with E-state index in [1.807, 2.05) is 0 Å². The molecule has 15 heavy (non-hydrogen) atoms. The van der Waals surface area contributed by atoms with Gasteiger partial charge in [-0.25, -0.2) is 0 Å². The summed E-state index contributed by atoms with van der Waals surface area (Å²) >= 11 is 5.89. The molecular weight excluding hydrogens is 218 g/mol. The van der Waals surface area contributed by atoms with Crippen molar-refractivity contribution >= 4 is 17.4 Å². The smallest absolute Gasteiger partial charge is 0.183 e. The Kier molecular flexibility index (Phi) is 3.94. The van der Waals surface area contributed by atoms with E-state index < -0.39 is 0 Å². The lowest BCUT2D eigenvalue weighted by molar-refractivity contribution is 0.0995. The Hall–Kier alpha value is -1.26. The summed E-state index contributed by atoms with van der Waals surface area (Å²) < 4.78 is 10.1. The summed E-state index contributed by atoms with van der Waals surface area (Å²) in [7, 11) is 2.91. The number of Topliss-reactive ketones (excluding diaryl/α,β-unsaturated/α-hetero) is 1. The van der Waals surface area contributed by atoms with E-state index in [1.165, 1.54) is 14.2 Å².